The Hall–Kier alpha value is -2.73. The minimum atomic E-state index is -0.265. The molecular formula is C18H11BrN2O3. The summed E-state index contributed by atoms with van der Waals surface area (Å²) < 4.78 is 0.858. The number of aliphatic imine (C=N–C) groups is 1. The SMILES string of the molecule is CC(=O)c1ccc2c(c1)N=C(c1c(O)[nH]c3cc(Br)ccc13)C2=O. The number of ketones is 2. The van der Waals surface area contributed by atoms with Crippen LogP contribution in [-0.2, 0) is 0 Å². The van der Waals surface area contributed by atoms with Crippen molar-refractivity contribution in [3.63, 3.8) is 0 Å². The molecule has 6 heteroatoms. The molecule has 24 heavy (non-hydrogen) atoms. The predicted molar refractivity (Wildman–Crippen MR) is 94.6 cm³/mol. The molecule has 1 aliphatic rings. The molecule has 2 aromatic carbocycles. The fourth-order valence-electron chi connectivity index (χ4n) is 2.90. The molecule has 0 radical (unpaired) electrons. The molecule has 0 spiro atoms. The quantitative estimate of drug-likeness (QED) is 0.652. The summed E-state index contributed by atoms with van der Waals surface area (Å²) in [5, 5.41) is 11.0. The van der Waals surface area contributed by atoms with Crippen molar-refractivity contribution in [1.29, 1.82) is 0 Å². The molecule has 4 rings (SSSR count). The third kappa shape index (κ3) is 2.11. The van der Waals surface area contributed by atoms with E-state index in [9.17, 15) is 14.7 Å². The topological polar surface area (TPSA) is 82.5 Å². The van der Waals surface area contributed by atoms with Gasteiger partial charge in [-0.15, -0.1) is 0 Å². The standard InChI is InChI=1S/C18H11BrN2O3/c1-8(22)9-2-4-12-13(6-9)20-16(17(12)23)15-11-5-3-10(19)7-14(11)21-18(15)24/h2-7,21,24H,1H3. The van der Waals surface area contributed by atoms with E-state index in [1.54, 1.807) is 18.2 Å². The molecule has 0 amide bonds. The average molecular weight is 383 g/mol. The van der Waals surface area contributed by atoms with Crippen molar-refractivity contribution in [3.8, 4) is 5.88 Å². The summed E-state index contributed by atoms with van der Waals surface area (Å²) in [7, 11) is 0. The van der Waals surface area contributed by atoms with Crippen molar-refractivity contribution in [2.75, 3.05) is 0 Å². The van der Waals surface area contributed by atoms with E-state index < -0.39 is 0 Å². The Morgan fingerprint density at radius 3 is 2.75 bits per heavy atom. The molecule has 1 aromatic heterocycles. The molecule has 3 aromatic rings. The Balaban J connectivity index is 1.92. The Bertz CT molecular complexity index is 1080. The smallest absolute Gasteiger partial charge is 0.214 e. The number of aromatic nitrogens is 1. The van der Waals surface area contributed by atoms with Gasteiger partial charge in [0.05, 0.1) is 16.8 Å². The first kappa shape index (κ1) is 14.8. The number of carbonyl (C=O) groups excluding carboxylic acids is 2. The van der Waals surface area contributed by atoms with Gasteiger partial charge in [-0.25, -0.2) is 4.99 Å². The lowest BCUT2D eigenvalue weighted by atomic mass is 10.0. The first-order valence-corrected chi connectivity index (χ1v) is 8.04. The molecule has 0 unspecified atom stereocenters. The number of aromatic hydroxyl groups is 1. The van der Waals surface area contributed by atoms with Gasteiger partial charge in [-0.3, -0.25) is 9.59 Å². The van der Waals surface area contributed by atoms with Gasteiger partial charge in [0.25, 0.3) is 0 Å². The number of fused-ring (bicyclic) bond motifs is 2. The van der Waals surface area contributed by atoms with Crippen LogP contribution in [0.25, 0.3) is 10.9 Å². The lowest BCUT2D eigenvalue weighted by Gasteiger charge is -1.99. The molecule has 2 N–H and O–H groups in total. The molecule has 0 bridgehead atoms. The van der Waals surface area contributed by atoms with E-state index in [0.29, 0.717) is 33.3 Å². The Morgan fingerprint density at radius 2 is 2.00 bits per heavy atom. The molecule has 1 aliphatic heterocycles. The third-order valence-electron chi connectivity index (χ3n) is 4.07. The molecule has 2 heterocycles. The Labute approximate surface area is 145 Å². The number of nitrogens with one attached hydrogen (secondary N) is 1. The number of nitrogens with zero attached hydrogens (tertiary/aromatic N) is 1. The van der Waals surface area contributed by atoms with Crippen LogP contribution in [0.15, 0.2) is 45.9 Å². The number of aromatic amines is 1. The second kappa shape index (κ2) is 5.14. The van der Waals surface area contributed by atoms with Gasteiger partial charge in [-0.2, -0.15) is 0 Å². The van der Waals surface area contributed by atoms with Crippen LogP contribution in [0.2, 0.25) is 0 Å². The van der Waals surface area contributed by atoms with E-state index in [4.69, 9.17) is 0 Å². The van der Waals surface area contributed by atoms with Crippen LogP contribution in [0.3, 0.4) is 0 Å². The zero-order valence-electron chi connectivity index (χ0n) is 12.6. The van der Waals surface area contributed by atoms with Gasteiger partial charge in [0.1, 0.15) is 5.71 Å². The Morgan fingerprint density at radius 1 is 1.21 bits per heavy atom. The van der Waals surface area contributed by atoms with E-state index in [-0.39, 0.29) is 23.2 Å². The van der Waals surface area contributed by atoms with E-state index in [1.165, 1.54) is 6.92 Å². The van der Waals surface area contributed by atoms with Crippen LogP contribution in [0, 0.1) is 0 Å². The lowest BCUT2D eigenvalue weighted by molar-refractivity contribution is 0.101. The van der Waals surface area contributed by atoms with Crippen molar-refractivity contribution >= 4 is 49.8 Å². The van der Waals surface area contributed by atoms with Crippen molar-refractivity contribution in [2.45, 2.75) is 6.92 Å². The summed E-state index contributed by atoms with van der Waals surface area (Å²) in [5.41, 5.74) is 2.64. The zero-order valence-corrected chi connectivity index (χ0v) is 14.1. The second-order valence-electron chi connectivity index (χ2n) is 5.62. The Kier molecular flexibility index (Phi) is 3.18. The van der Waals surface area contributed by atoms with E-state index in [2.05, 4.69) is 25.9 Å². The van der Waals surface area contributed by atoms with Crippen molar-refractivity contribution in [2.24, 2.45) is 4.99 Å². The number of halogens is 1. The van der Waals surface area contributed by atoms with Crippen LogP contribution >= 0.6 is 15.9 Å². The van der Waals surface area contributed by atoms with Gasteiger partial charge in [0, 0.05) is 21.0 Å². The monoisotopic (exact) mass is 382 g/mol. The summed E-state index contributed by atoms with van der Waals surface area (Å²) in [5.74, 6) is -0.456. The van der Waals surface area contributed by atoms with Gasteiger partial charge < -0.3 is 10.1 Å². The fraction of sp³-hybridized carbons (Fsp3) is 0.0556. The molecule has 0 saturated carbocycles. The van der Waals surface area contributed by atoms with Crippen LogP contribution in [0.1, 0.15) is 33.2 Å². The number of H-pyrrole nitrogens is 1. The summed E-state index contributed by atoms with van der Waals surface area (Å²) in [6.45, 7) is 1.46. The average Bonchev–Trinajstić information content (AvgIpc) is 3.02. The van der Waals surface area contributed by atoms with Crippen LogP contribution in [0.5, 0.6) is 5.88 Å². The highest BCUT2D eigenvalue weighted by atomic mass is 79.9. The fourth-order valence-corrected chi connectivity index (χ4v) is 3.26. The van der Waals surface area contributed by atoms with E-state index in [1.807, 2.05) is 18.2 Å². The molecule has 5 nitrogen and oxygen atoms in total. The van der Waals surface area contributed by atoms with Crippen LogP contribution in [0.4, 0.5) is 5.69 Å². The van der Waals surface area contributed by atoms with Gasteiger partial charge in [0.2, 0.25) is 5.78 Å². The summed E-state index contributed by atoms with van der Waals surface area (Å²) in [4.78, 5) is 31.4. The van der Waals surface area contributed by atoms with Gasteiger partial charge in [-0.05, 0) is 31.2 Å². The molecule has 0 atom stereocenters. The van der Waals surface area contributed by atoms with Crippen LogP contribution in [-0.4, -0.2) is 27.4 Å². The lowest BCUT2D eigenvalue weighted by Crippen LogP contribution is -2.10. The normalized spacial score (nSPS) is 13.2. The highest BCUT2D eigenvalue weighted by Crippen LogP contribution is 2.36. The van der Waals surface area contributed by atoms with E-state index in [0.717, 1.165) is 4.47 Å². The number of rotatable bonds is 2. The van der Waals surface area contributed by atoms with E-state index >= 15 is 0 Å². The maximum absolute atomic E-state index is 12.7. The van der Waals surface area contributed by atoms with Gasteiger partial charge >= 0.3 is 0 Å². The molecular weight excluding hydrogens is 372 g/mol. The minimum Gasteiger partial charge on any atom is -0.494 e. The summed E-state index contributed by atoms with van der Waals surface area (Å²) in [6.07, 6.45) is 0. The zero-order chi connectivity index (χ0) is 17.0. The van der Waals surface area contributed by atoms with Gasteiger partial charge in [0.15, 0.2) is 11.7 Å². The third-order valence-corrected chi connectivity index (χ3v) is 4.57. The number of benzene rings is 2. The molecule has 0 aliphatic carbocycles. The maximum Gasteiger partial charge on any atom is 0.214 e. The number of hydrogen-bond donors (Lipinski definition) is 2. The highest BCUT2D eigenvalue weighted by molar-refractivity contribution is 9.10. The molecule has 0 saturated heterocycles. The largest absolute Gasteiger partial charge is 0.494 e. The maximum atomic E-state index is 12.7. The van der Waals surface area contributed by atoms with Crippen LogP contribution < -0.4 is 0 Å². The predicted octanol–water partition coefficient (Wildman–Crippen LogP) is 4.16. The second-order valence-corrected chi connectivity index (χ2v) is 6.53. The van der Waals surface area contributed by atoms with Crippen molar-refractivity contribution in [1.82, 2.24) is 4.98 Å². The van der Waals surface area contributed by atoms with Crippen molar-refractivity contribution in [3.05, 3.63) is 57.6 Å². The summed E-state index contributed by atoms with van der Waals surface area (Å²) >= 11 is 3.38. The van der Waals surface area contributed by atoms with Gasteiger partial charge in [-0.1, -0.05) is 28.1 Å². The first-order valence-electron chi connectivity index (χ1n) is 7.24. The number of Topliss-reactive ketones (excluding diaryl/α,β-unsaturated/α-hetero) is 2. The number of hydrogen-bond acceptors (Lipinski definition) is 4. The first-order chi connectivity index (χ1) is 11.5. The highest BCUT2D eigenvalue weighted by Gasteiger charge is 2.30. The minimum absolute atomic E-state index is 0.0892. The molecule has 0 fully saturated rings. The number of carbonyl (C=O) groups is 2. The van der Waals surface area contributed by atoms with Crippen molar-refractivity contribution < 1.29 is 14.7 Å². The molecule has 118 valence electrons. The summed E-state index contributed by atoms with van der Waals surface area (Å²) in [6, 6.07) is 10.3.